The average Bonchev–Trinajstić information content (AvgIpc) is 3.10. The van der Waals surface area contributed by atoms with Crippen molar-refractivity contribution in [2.24, 2.45) is 34.5 Å². The van der Waals surface area contributed by atoms with Crippen LogP contribution in [0.5, 0.6) is 0 Å². The summed E-state index contributed by atoms with van der Waals surface area (Å²) < 4.78 is 10.7. The molecule has 3 saturated carbocycles. The first kappa shape index (κ1) is 24.6. The quantitative estimate of drug-likeness (QED) is 0.459. The van der Waals surface area contributed by atoms with E-state index in [1.54, 1.807) is 6.08 Å². The first-order chi connectivity index (χ1) is 16.0. The average molecular weight is 475 g/mol. The third-order valence-corrected chi connectivity index (χ3v) is 9.33. The number of rotatable bonds is 6. The van der Waals surface area contributed by atoms with Crippen LogP contribution >= 0.6 is 0 Å². The first-order valence-corrected chi connectivity index (χ1v) is 12.3. The Hall–Kier alpha value is -2.51. The minimum Gasteiger partial charge on any atom is -0.481 e. The van der Waals surface area contributed by atoms with Gasteiger partial charge in [-0.1, -0.05) is 13.8 Å². The normalized spacial score (nSPS) is 38.6. The molecule has 0 bridgehead atoms. The summed E-state index contributed by atoms with van der Waals surface area (Å²) in [5.74, 6) is -1.95. The van der Waals surface area contributed by atoms with Crippen molar-refractivity contribution in [3.8, 4) is 0 Å². The van der Waals surface area contributed by atoms with E-state index in [1.807, 2.05) is 0 Å². The van der Waals surface area contributed by atoms with Crippen LogP contribution in [0.2, 0.25) is 0 Å². The number of ketones is 2. The van der Waals surface area contributed by atoms with Crippen LogP contribution < -0.4 is 0 Å². The van der Waals surface area contributed by atoms with Gasteiger partial charge < -0.3 is 14.6 Å². The maximum atomic E-state index is 13.0. The van der Waals surface area contributed by atoms with Crippen molar-refractivity contribution in [1.82, 2.24) is 0 Å². The molecule has 34 heavy (non-hydrogen) atoms. The number of fused-ring (bicyclic) bond motifs is 5. The molecule has 0 amide bonds. The summed E-state index contributed by atoms with van der Waals surface area (Å²) in [4.78, 5) is 59.8. The van der Waals surface area contributed by atoms with Gasteiger partial charge in [0.15, 0.2) is 11.6 Å². The maximum absolute atomic E-state index is 13.0. The molecule has 8 heteroatoms. The van der Waals surface area contributed by atoms with Crippen molar-refractivity contribution in [2.75, 3.05) is 6.61 Å². The Labute approximate surface area is 199 Å². The topological polar surface area (TPSA) is 124 Å². The summed E-state index contributed by atoms with van der Waals surface area (Å²) in [7, 11) is 0. The SMILES string of the molecule is CC(=O)OCC(=O)[C@H]1CCC2C3C[C@@H](OC(=O)CC(=O)O)C4=CC(=O)CC[C@]4(C)C3CC[C@@]21C. The van der Waals surface area contributed by atoms with E-state index in [0.29, 0.717) is 25.2 Å². The van der Waals surface area contributed by atoms with E-state index in [1.165, 1.54) is 6.92 Å². The lowest BCUT2D eigenvalue weighted by molar-refractivity contribution is -0.160. The summed E-state index contributed by atoms with van der Waals surface area (Å²) in [5, 5.41) is 9.01. The molecule has 0 saturated heterocycles. The summed E-state index contributed by atoms with van der Waals surface area (Å²) >= 11 is 0. The van der Waals surface area contributed by atoms with Crippen LogP contribution in [0.4, 0.5) is 0 Å². The predicted molar refractivity (Wildman–Crippen MR) is 119 cm³/mol. The molecule has 0 aromatic heterocycles. The van der Waals surface area contributed by atoms with E-state index in [2.05, 4.69) is 13.8 Å². The summed E-state index contributed by atoms with van der Waals surface area (Å²) in [6.45, 7) is 5.42. The fraction of sp³-hybridized carbons (Fsp3) is 0.731. The number of esters is 2. The highest BCUT2D eigenvalue weighted by Crippen LogP contribution is 2.67. The van der Waals surface area contributed by atoms with Gasteiger partial charge >= 0.3 is 17.9 Å². The van der Waals surface area contributed by atoms with Crippen molar-refractivity contribution in [1.29, 1.82) is 0 Å². The Bertz CT molecular complexity index is 950. The smallest absolute Gasteiger partial charge is 0.317 e. The Morgan fingerprint density at radius 2 is 1.82 bits per heavy atom. The number of carbonyl (C=O) groups excluding carboxylic acids is 4. The Morgan fingerprint density at radius 1 is 1.09 bits per heavy atom. The molecule has 0 spiro atoms. The Balaban J connectivity index is 1.62. The Morgan fingerprint density at radius 3 is 2.50 bits per heavy atom. The van der Waals surface area contributed by atoms with E-state index >= 15 is 0 Å². The molecule has 4 aliphatic rings. The molecule has 0 heterocycles. The number of aliphatic carboxylic acids is 1. The zero-order valence-corrected chi connectivity index (χ0v) is 20.1. The number of hydrogen-bond acceptors (Lipinski definition) is 7. The van der Waals surface area contributed by atoms with Crippen LogP contribution in [-0.4, -0.2) is 47.3 Å². The molecule has 0 aromatic carbocycles. The third-order valence-electron chi connectivity index (χ3n) is 9.33. The molecular weight excluding hydrogens is 440 g/mol. The minimum atomic E-state index is -1.25. The summed E-state index contributed by atoms with van der Waals surface area (Å²) in [6.07, 6.45) is 5.37. The lowest BCUT2D eigenvalue weighted by Crippen LogP contribution is -2.55. The second kappa shape index (κ2) is 8.93. The second-order valence-electron chi connectivity index (χ2n) is 11.1. The standard InChI is InChI=1S/C26H34O8/c1-14(27)33-13-21(29)19-5-4-17-16-11-22(34-24(32)12-23(30)31)20-10-15(28)6-8-26(20,3)18(16)7-9-25(17,19)2/h10,16-19,22H,4-9,11-13H2,1-3H3,(H,30,31)/t16?,17?,18?,19-,22-,25+,26-/m1/s1. The highest BCUT2D eigenvalue weighted by atomic mass is 16.5. The maximum Gasteiger partial charge on any atom is 0.317 e. The zero-order valence-electron chi connectivity index (χ0n) is 20.1. The van der Waals surface area contributed by atoms with Crippen molar-refractivity contribution < 1.29 is 38.6 Å². The second-order valence-corrected chi connectivity index (χ2v) is 11.1. The van der Waals surface area contributed by atoms with Crippen molar-refractivity contribution in [2.45, 2.75) is 78.2 Å². The van der Waals surface area contributed by atoms with Gasteiger partial charge in [-0.3, -0.25) is 24.0 Å². The van der Waals surface area contributed by atoms with Crippen LogP contribution in [0.3, 0.4) is 0 Å². The van der Waals surface area contributed by atoms with Gasteiger partial charge in [0, 0.05) is 19.3 Å². The molecule has 7 atom stereocenters. The molecule has 3 unspecified atom stereocenters. The molecule has 0 aromatic rings. The lowest BCUT2D eigenvalue weighted by Gasteiger charge is -2.59. The number of carboxylic acid groups (broad SMARTS) is 1. The van der Waals surface area contributed by atoms with Crippen LogP contribution in [0, 0.1) is 34.5 Å². The molecule has 4 rings (SSSR count). The fourth-order valence-corrected chi connectivity index (χ4v) is 7.82. The van der Waals surface area contributed by atoms with Gasteiger partial charge in [0.1, 0.15) is 19.1 Å². The number of Topliss-reactive ketones (excluding diaryl/α,β-unsaturated/α-hetero) is 1. The summed E-state index contributed by atoms with van der Waals surface area (Å²) in [5.41, 5.74) is 0.301. The first-order valence-electron chi connectivity index (χ1n) is 12.3. The van der Waals surface area contributed by atoms with Crippen molar-refractivity contribution in [3.63, 3.8) is 0 Å². The van der Waals surface area contributed by atoms with Crippen molar-refractivity contribution in [3.05, 3.63) is 11.6 Å². The lowest BCUT2D eigenvalue weighted by atomic mass is 9.46. The van der Waals surface area contributed by atoms with Gasteiger partial charge in [-0.05, 0) is 78.8 Å². The highest BCUT2D eigenvalue weighted by molar-refractivity contribution is 5.92. The largest absolute Gasteiger partial charge is 0.481 e. The number of hydrogen-bond donors (Lipinski definition) is 1. The number of carboxylic acids is 1. The number of ether oxygens (including phenoxy) is 2. The van der Waals surface area contributed by atoms with E-state index < -0.39 is 30.4 Å². The molecule has 4 aliphatic carbocycles. The van der Waals surface area contributed by atoms with Gasteiger partial charge in [0.2, 0.25) is 0 Å². The van der Waals surface area contributed by atoms with Crippen LogP contribution in [-0.2, 0) is 33.4 Å². The van der Waals surface area contributed by atoms with E-state index in [4.69, 9.17) is 14.6 Å². The monoisotopic (exact) mass is 474 g/mol. The molecule has 1 N–H and O–H groups in total. The third kappa shape index (κ3) is 4.20. The van der Waals surface area contributed by atoms with Gasteiger partial charge in [-0.15, -0.1) is 0 Å². The predicted octanol–water partition coefficient (Wildman–Crippen LogP) is 3.26. The highest BCUT2D eigenvalue weighted by Gasteiger charge is 2.62. The fourth-order valence-electron chi connectivity index (χ4n) is 7.82. The van der Waals surface area contributed by atoms with Crippen LogP contribution in [0.1, 0.15) is 72.1 Å². The molecule has 0 radical (unpaired) electrons. The zero-order chi connectivity index (χ0) is 24.8. The van der Waals surface area contributed by atoms with Gasteiger partial charge in [-0.25, -0.2) is 0 Å². The molecule has 186 valence electrons. The number of carbonyl (C=O) groups is 5. The van der Waals surface area contributed by atoms with E-state index in [0.717, 1.165) is 31.3 Å². The summed E-state index contributed by atoms with van der Waals surface area (Å²) in [6, 6.07) is 0. The van der Waals surface area contributed by atoms with Crippen LogP contribution in [0.15, 0.2) is 11.6 Å². The van der Waals surface area contributed by atoms with Crippen molar-refractivity contribution >= 4 is 29.5 Å². The van der Waals surface area contributed by atoms with Gasteiger partial charge in [-0.2, -0.15) is 0 Å². The van der Waals surface area contributed by atoms with E-state index in [9.17, 15) is 24.0 Å². The minimum absolute atomic E-state index is 0.0165. The van der Waals surface area contributed by atoms with E-state index in [-0.39, 0.29) is 46.8 Å². The van der Waals surface area contributed by atoms with Gasteiger partial charge in [0.05, 0.1) is 0 Å². The Kier molecular flexibility index (Phi) is 6.46. The van der Waals surface area contributed by atoms with Crippen LogP contribution in [0.25, 0.3) is 0 Å². The molecule has 8 nitrogen and oxygen atoms in total. The van der Waals surface area contributed by atoms with Gasteiger partial charge in [0.25, 0.3) is 0 Å². The molecule has 0 aliphatic heterocycles. The molecule has 3 fully saturated rings. The molecular formula is C26H34O8.